The average molecular weight is 424 g/mol. The highest BCUT2D eigenvalue weighted by molar-refractivity contribution is 14.1. The molecule has 0 radical (unpaired) electrons. The van der Waals surface area contributed by atoms with E-state index >= 15 is 0 Å². The second-order valence-corrected chi connectivity index (χ2v) is 6.01. The molecule has 0 spiro atoms. The molecule has 0 aliphatic carbocycles. The second kappa shape index (κ2) is 8.10. The number of ketones is 1. The normalized spacial score (nSPS) is 11.6. The standard InChI is InChI=1S/C18H17IO4/c1-3-22-14-10-8-13(9-11-14)17(20)12(2)23-18(21)15-6-4-5-7-16(15)19/h4-12H,3H2,1-2H3/t12-/m0/s1. The summed E-state index contributed by atoms with van der Waals surface area (Å²) in [7, 11) is 0. The maximum absolute atomic E-state index is 12.3. The first kappa shape index (κ1) is 17.5. The quantitative estimate of drug-likeness (QED) is 0.398. The fraction of sp³-hybridized carbons (Fsp3) is 0.222. The number of carbonyl (C=O) groups excluding carboxylic acids is 2. The Balaban J connectivity index is 2.05. The van der Waals surface area contributed by atoms with Crippen molar-refractivity contribution in [1.29, 1.82) is 0 Å². The van der Waals surface area contributed by atoms with Gasteiger partial charge < -0.3 is 9.47 Å². The van der Waals surface area contributed by atoms with Gasteiger partial charge in [0.2, 0.25) is 5.78 Å². The fourth-order valence-electron chi connectivity index (χ4n) is 2.02. The Morgan fingerprint density at radius 2 is 1.74 bits per heavy atom. The highest BCUT2D eigenvalue weighted by Crippen LogP contribution is 2.17. The maximum atomic E-state index is 12.3. The molecule has 0 aliphatic rings. The summed E-state index contributed by atoms with van der Waals surface area (Å²) >= 11 is 2.06. The van der Waals surface area contributed by atoms with Gasteiger partial charge in [-0.05, 0) is 72.8 Å². The SMILES string of the molecule is CCOc1ccc(C(=O)[C@H](C)OC(=O)c2ccccc2I)cc1. The van der Waals surface area contributed by atoms with Gasteiger partial charge in [-0.25, -0.2) is 4.79 Å². The first-order valence-electron chi connectivity index (χ1n) is 7.25. The van der Waals surface area contributed by atoms with Crippen molar-refractivity contribution in [3.05, 3.63) is 63.2 Å². The molecule has 2 rings (SSSR count). The predicted molar refractivity (Wildman–Crippen MR) is 96.0 cm³/mol. The van der Waals surface area contributed by atoms with Crippen molar-refractivity contribution < 1.29 is 19.1 Å². The molecule has 4 nitrogen and oxygen atoms in total. The summed E-state index contributed by atoms with van der Waals surface area (Å²) in [6, 6.07) is 13.9. The summed E-state index contributed by atoms with van der Waals surface area (Å²) in [4.78, 5) is 24.5. The van der Waals surface area contributed by atoms with Crippen LogP contribution in [0.3, 0.4) is 0 Å². The van der Waals surface area contributed by atoms with Crippen molar-refractivity contribution in [3.8, 4) is 5.75 Å². The number of hydrogen-bond donors (Lipinski definition) is 0. The van der Waals surface area contributed by atoms with Crippen LogP contribution in [0, 0.1) is 3.57 Å². The number of halogens is 1. The zero-order valence-electron chi connectivity index (χ0n) is 12.9. The molecule has 0 unspecified atom stereocenters. The van der Waals surface area contributed by atoms with Crippen LogP contribution >= 0.6 is 22.6 Å². The molecule has 0 heterocycles. The van der Waals surface area contributed by atoms with Crippen LogP contribution in [0.1, 0.15) is 34.6 Å². The third-order valence-corrected chi connectivity index (χ3v) is 4.14. The summed E-state index contributed by atoms with van der Waals surface area (Å²) in [5, 5.41) is 0. The Kier molecular flexibility index (Phi) is 6.15. The van der Waals surface area contributed by atoms with Gasteiger partial charge in [-0.2, -0.15) is 0 Å². The van der Waals surface area contributed by atoms with Gasteiger partial charge in [-0.15, -0.1) is 0 Å². The molecule has 120 valence electrons. The molecule has 2 aromatic carbocycles. The van der Waals surface area contributed by atoms with Crippen LogP contribution in [-0.4, -0.2) is 24.5 Å². The third-order valence-electron chi connectivity index (χ3n) is 3.20. The van der Waals surface area contributed by atoms with E-state index in [1.807, 2.05) is 19.1 Å². The zero-order valence-corrected chi connectivity index (χ0v) is 15.1. The van der Waals surface area contributed by atoms with E-state index in [0.29, 0.717) is 23.5 Å². The fourth-order valence-corrected chi connectivity index (χ4v) is 2.63. The Bertz CT molecular complexity index is 694. The van der Waals surface area contributed by atoms with E-state index in [-0.39, 0.29) is 5.78 Å². The summed E-state index contributed by atoms with van der Waals surface area (Å²) in [6.45, 7) is 4.04. The van der Waals surface area contributed by atoms with Crippen LogP contribution < -0.4 is 4.74 Å². The number of Topliss-reactive ketones (excluding diaryl/α,β-unsaturated/α-hetero) is 1. The smallest absolute Gasteiger partial charge is 0.339 e. The van der Waals surface area contributed by atoms with Crippen molar-refractivity contribution in [2.45, 2.75) is 20.0 Å². The van der Waals surface area contributed by atoms with Crippen molar-refractivity contribution in [2.75, 3.05) is 6.61 Å². The van der Waals surface area contributed by atoms with E-state index in [0.717, 1.165) is 3.57 Å². The number of esters is 1. The molecule has 2 aromatic rings. The van der Waals surface area contributed by atoms with Crippen molar-refractivity contribution in [3.63, 3.8) is 0 Å². The van der Waals surface area contributed by atoms with Crippen LogP contribution in [0.2, 0.25) is 0 Å². The number of hydrogen-bond acceptors (Lipinski definition) is 4. The van der Waals surface area contributed by atoms with Crippen molar-refractivity contribution >= 4 is 34.3 Å². The molecular formula is C18H17IO4. The molecular weight excluding hydrogens is 407 g/mol. The van der Waals surface area contributed by atoms with Crippen LogP contribution in [0.4, 0.5) is 0 Å². The van der Waals surface area contributed by atoms with Crippen LogP contribution in [0.5, 0.6) is 5.75 Å². The first-order valence-corrected chi connectivity index (χ1v) is 8.33. The van der Waals surface area contributed by atoms with Gasteiger partial charge >= 0.3 is 5.97 Å². The molecule has 23 heavy (non-hydrogen) atoms. The highest BCUT2D eigenvalue weighted by atomic mass is 127. The molecule has 0 fully saturated rings. The molecule has 1 atom stereocenters. The molecule has 0 N–H and O–H groups in total. The molecule has 0 saturated heterocycles. The molecule has 0 bridgehead atoms. The minimum Gasteiger partial charge on any atom is -0.494 e. The molecule has 0 amide bonds. The van der Waals surface area contributed by atoms with Crippen molar-refractivity contribution in [1.82, 2.24) is 0 Å². The summed E-state index contributed by atoms with van der Waals surface area (Å²) in [5.74, 6) is -0.0401. The lowest BCUT2D eigenvalue weighted by Crippen LogP contribution is -2.24. The zero-order chi connectivity index (χ0) is 16.8. The Morgan fingerprint density at radius 3 is 2.35 bits per heavy atom. The van der Waals surface area contributed by atoms with Gasteiger partial charge in [0, 0.05) is 9.13 Å². The van der Waals surface area contributed by atoms with Gasteiger partial charge in [-0.3, -0.25) is 4.79 Å². The molecule has 5 heteroatoms. The van der Waals surface area contributed by atoms with E-state index in [2.05, 4.69) is 22.6 Å². The summed E-state index contributed by atoms with van der Waals surface area (Å²) < 4.78 is 11.4. The summed E-state index contributed by atoms with van der Waals surface area (Å²) in [5.41, 5.74) is 0.941. The summed E-state index contributed by atoms with van der Waals surface area (Å²) in [6.07, 6.45) is -0.851. The number of ether oxygens (including phenoxy) is 2. The van der Waals surface area contributed by atoms with E-state index in [9.17, 15) is 9.59 Å². The van der Waals surface area contributed by atoms with Crippen molar-refractivity contribution in [2.24, 2.45) is 0 Å². The lowest BCUT2D eigenvalue weighted by Gasteiger charge is -2.13. The Morgan fingerprint density at radius 1 is 1.09 bits per heavy atom. The van der Waals surface area contributed by atoms with E-state index in [4.69, 9.17) is 9.47 Å². The van der Waals surface area contributed by atoms with Crippen LogP contribution in [0.25, 0.3) is 0 Å². The largest absolute Gasteiger partial charge is 0.494 e. The number of benzene rings is 2. The van der Waals surface area contributed by atoms with E-state index < -0.39 is 12.1 Å². The number of carbonyl (C=O) groups is 2. The molecule has 0 aliphatic heterocycles. The monoisotopic (exact) mass is 424 g/mol. The van der Waals surface area contributed by atoms with Crippen LogP contribution in [-0.2, 0) is 4.74 Å². The minimum atomic E-state index is -0.851. The molecule has 0 aromatic heterocycles. The second-order valence-electron chi connectivity index (χ2n) is 4.85. The Labute approximate surface area is 148 Å². The van der Waals surface area contributed by atoms with Gasteiger partial charge in [0.15, 0.2) is 6.10 Å². The number of rotatable bonds is 6. The lowest BCUT2D eigenvalue weighted by atomic mass is 10.1. The first-order chi connectivity index (χ1) is 11.0. The minimum absolute atomic E-state index is 0.243. The van der Waals surface area contributed by atoms with Gasteiger partial charge in [-0.1, -0.05) is 12.1 Å². The van der Waals surface area contributed by atoms with Gasteiger partial charge in [0.05, 0.1) is 12.2 Å². The third kappa shape index (κ3) is 4.54. The highest BCUT2D eigenvalue weighted by Gasteiger charge is 2.21. The lowest BCUT2D eigenvalue weighted by molar-refractivity contribution is 0.0317. The van der Waals surface area contributed by atoms with E-state index in [1.54, 1.807) is 43.3 Å². The topological polar surface area (TPSA) is 52.6 Å². The Hall–Kier alpha value is -1.89. The van der Waals surface area contributed by atoms with Crippen LogP contribution in [0.15, 0.2) is 48.5 Å². The van der Waals surface area contributed by atoms with Gasteiger partial charge in [0.1, 0.15) is 5.75 Å². The average Bonchev–Trinajstić information content (AvgIpc) is 2.55. The molecule has 0 saturated carbocycles. The van der Waals surface area contributed by atoms with E-state index in [1.165, 1.54) is 0 Å². The maximum Gasteiger partial charge on any atom is 0.339 e. The predicted octanol–water partition coefficient (Wildman–Crippen LogP) is 4.12. The van der Waals surface area contributed by atoms with Gasteiger partial charge in [0.25, 0.3) is 0 Å².